The summed E-state index contributed by atoms with van der Waals surface area (Å²) in [5.41, 5.74) is 5.44. The van der Waals surface area contributed by atoms with Crippen LogP contribution in [0.15, 0.2) is 0 Å². The average molecular weight is 216 g/mol. The molecule has 0 rings (SSSR count). The van der Waals surface area contributed by atoms with Gasteiger partial charge in [-0.25, -0.2) is 0 Å². The second-order valence-corrected chi connectivity index (χ2v) is 4.14. The molecule has 4 nitrogen and oxygen atoms in total. The first kappa shape index (κ1) is 14.4. The molecule has 0 heterocycles. The zero-order valence-corrected chi connectivity index (χ0v) is 9.83. The van der Waals surface area contributed by atoms with E-state index in [0.29, 0.717) is 25.4 Å². The van der Waals surface area contributed by atoms with Crippen LogP contribution in [0.4, 0.5) is 0 Å². The van der Waals surface area contributed by atoms with Gasteiger partial charge in [-0.2, -0.15) is 0 Å². The number of aliphatic hydroxyl groups excluding tert-OH is 1. The van der Waals surface area contributed by atoms with Crippen LogP contribution < -0.4 is 11.1 Å². The van der Waals surface area contributed by atoms with E-state index >= 15 is 0 Å². The van der Waals surface area contributed by atoms with E-state index in [2.05, 4.69) is 12.2 Å². The molecule has 0 aromatic carbocycles. The van der Waals surface area contributed by atoms with Crippen LogP contribution in [0.2, 0.25) is 0 Å². The molecule has 0 fully saturated rings. The summed E-state index contributed by atoms with van der Waals surface area (Å²) in [5.74, 6) is 0.680. The molecule has 4 N–H and O–H groups in total. The Labute approximate surface area is 92.2 Å². The fraction of sp³-hybridized carbons (Fsp3) is 0.909. The molecule has 0 saturated carbocycles. The van der Waals surface area contributed by atoms with Gasteiger partial charge < -0.3 is 16.2 Å². The van der Waals surface area contributed by atoms with Gasteiger partial charge in [-0.3, -0.25) is 4.79 Å². The second-order valence-electron chi connectivity index (χ2n) is 4.14. The van der Waals surface area contributed by atoms with E-state index in [1.807, 2.05) is 6.92 Å². The number of nitrogens with two attached hydrogens (primary N) is 1. The number of carbonyl (C=O) groups excluding carboxylic acids is 1. The summed E-state index contributed by atoms with van der Waals surface area (Å²) in [7, 11) is 0. The van der Waals surface area contributed by atoms with E-state index in [0.717, 1.165) is 12.8 Å². The minimum Gasteiger partial charge on any atom is -0.396 e. The van der Waals surface area contributed by atoms with E-state index in [1.54, 1.807) is 0 Å². The number of nitrogens with one attached hydrogen (secondary N) is 1. The topological polar surface area (TPSA) is 75.3 Å². The van der Waals surface area contributed by atoms with Gasteiger partial charge in [0.15, 0.2) is 0 Å². The summed E-state index contributed by atoms with van der Waals surface area (Å²) in [4.78, 5) is 11.4. The van der Waals surface area contributed by atoms with Crippen molar-refractivity contribution in [2.45, 2.75) is 33.1 Å². The predicted molar refractivity (Wildman–Crippen MR) is 61.3 cm³/mol. The van der Waals surface area contributed by atoms with E-state index < -0.39 is 0 Å². The van der Waals surface area contributed by atoms with E-state index in [-0.39, 0.29) is 18.4 Å². The van der Waals surface area contributed by atoms with Crippen molar-refractivity contribution < 1.29 is 9.90 Å². The van der Waals surface area contributed by atoms with Crippen molar-refractivity contribution >= 4 is 5.91 Å². The fourth-order valence-electron chi connectivity index (χ4n) is 1.36. The number of aliphatic hydroxyl groups is 1. The summed E-state index contributed by atoms with van der Waals surface area (Å²) in [6.07, 6.45) is 2.22. The van der Waals surface area contributed by atoms with E-state index in [9.17, 15) is 4.79 Å². The molecule has 0 saturated heterocycles. The fourth-order valence-corrected chi connectivity index (χ4v) is 1.36. The smallest absolute Gasteiger partial charge is 0.220 e. The average Bonchev–Trinajstić information content (AvgIpc) is 2.23. The number of carbonyl (C=O) groups is 1. The van der Waals surface area contributed by atoms with Gasteiger partial charge in [0.2, 0.25) is 5.91 Å². The summed E-state index contributed by atoms with van der Waals surface area (Å²) in [6, 6.07) is 0. The molecule has 15 heavy (non-hydrogen) atoms. The first-order chi connectivity index (χ1) is 7.13. The van der Waals surface area contributed by atoms with Crippen LogP contribution in [0, 0.1) is 11.8 Å². The van der Waals surface area contributed by atoms with Crippen LogP contribution in [0.5, 0.6) is 0 Å². The van der Waals surface area contributed by atoms with Crippen molar-refractivity contribution in [3.05, 3.63) is 0 Å². The quantitative estimate of drug-likeness (QED) is 0.553. The van der Waals surface area contributed by atoms with Gasteiger partial charge in [-0.1, -0.05) is 20.3 Å². The van der Waals surface area contributed by atoms with Crippen molar-refractivity contribution in [2.24, 2.45) is 17.6 Å². The van der Waals surface area contributed by atoms with Gasteiger partial charge in [0.1, 0.15) is 0 Å². The Morgan fingerprint density at radius 2 is 2.20 bits per heavy atom. The largest absolute Gasteiger partial charge is 0.396 e. The summed E-state index contributed by atoms with van der Waals surface area (Å²) in [6.45, 7) is 5.42. The van der Waals surface area contributed by atoms with Gasteiger partial charge >= 0.3 is 0 Å². The molecular weight excluding hydrogens is 192 g/mol. The molecule has 0 radical (unpaired) electrons. The zero-order chi connectivity index (χ0) is 11.7. The number of hydrogen-bond donors (Lipinski definition) is 3. The molecule has 2 atom stereocenters. The molecular formula is C11H24N2O2. The first-order valence-corrected chi connectivity index (χ1v) is 5.71. The first-order valence-electron chi connectivity index (χ1n) is 5.71. The molecule has 0 aliphatic carbocycles. The maximum atomic E-state index is 11.4. The van der Waals surface area contributed by atoms with E-state index in [4.69, 9.17) is 10.8 Å². The molecule has 0 aromatic heterocycles. The van der Waals surface area contributed by atoms with Crippen LogP contribution in [0.25, 0.3) is 0 Å². The summed E-state index contributed by atoms with van der Waals surface area (Å²) >= 11 is 0. The lowest BCUT2D eigenvalue weighted by Gasteiger charge is -2.15. The highest BCUT2D eigenvalue weighted by Crippen LogP contribution is 2.06. The van der Waals surface area contributed by atoms with Crippen LogP contribution in [-0.4, -0.2) is 30.7 Å². The van der Waals surface area contributed by atoms with E-state index in [1.165, 1.54) is 0 Å². The zero-order valence-electron chi connectivity index (χ0n) is 9.83. The van der Waals surface area contributed by atoms with Gasteiger partial charge in [-0.05, 0) is 24.8 Å². The Kier molecular flexibility index (Phi) is 8.33. The molecule has 2 unspecified atom stereocenters. The highest BCUT2D eigenvalue weighted by atomic mass is 16.3. The standard InChI is InChI=1S/C11H24N2O2/c1-3-10(4-5-14)8-13-11(15)6-9(2)7-12/h9-10,14H,3-8,12H2,1-2H3,(H,13,15). The molecule has 0 bridgehead atoms. The SMILES string of the molecule is CCC(CCO)CNC(=O)CC(C)CN. The number of amides is 1. The number of hydrogen-bond acceptors (Lipinski definition) is 3. The molecule has 0 spiro atoms. The lowest BCUT2D eigenvalue weighted by molar-refractivity contribution is -0.122. The maximum absolute atomic E-state index is 11.4. The Morgan fingerprint density at radius 1 is 1.53 bits per heavy atom. The molecule has 4 heteroatoms. The molecule has 0 aromatic rings. The normalized spacial score (nSPS) is 14.7. The lowest BCUT2D eigenvalue weighted by atomic mass is 10.0. The predicted octanol–water partition coefficient (Wildman–Crippen LogP) is 0.496. The Hall–Kier alpha value is -0.610. The summed E-state index contributed by atoms with van der Waals surface area (Å²) in [5, 5.41) is 11.7. The van der Waals surface area contributed by atoms with Gasteiger partial charge in [0.25, 0.3) is 0 Å². The number of rotatable bonds is 8. The van der Waals surface area contributed by atoms with Crippen molar-refractivity contribution in [2.75, 3.05) is 19.7 Å². The highest BCUT2D eigenvalue weighted by Gasteiger charge is 2.10. The molecule has 1 amide bonds. The van der Waals surface area contributed by atoms with Crippen LogP contribution >= 0.6 is 0 Å². The van der Waals surface area contributed by atoms with Crippen molar-refractivity contribution in [1.29, 1.82) is 0 Å². The Balaban J connectivity index is 3.68. The van der Waals surface area contributed by atoms with Crippen LogP contribution in [-0.2, 0) is 4.79 Å². The molecule has 0 aliphatic rings. The van der Waals surface area contributed by atoms with Crippen LogP contribution in [0.3, 0.4) is 0 Å². The third-order valence-electron chi connectivity index (χ3n) is 2.64. The van der Waals surface area contributed by atoms with Crippen molar-refractivity contribution in [3.8, 4) is 0 Å². The monoisotopic (exact) mass is 216 g/mol. The van der Waals surface area contributed by atoms with Crippen molar-refractivity contribution in [1.82, 2.24) is 5.32 Å². The summed E-state index contributed by atoms with van der Waals surface area (Å²) < 4.78 is 0. The third-order valence-corrected chi connectivity index (χ3v) is 2.64. The Morgan fingerprint density at radius 3 is 2.67 bits per heavy atom. The van der Waals surface area contributed by atoms with Crippen LogP contribution in [0.1, 0.15) is 33.1 Å². The van der Waals surface area contributed by atoms with Crippen molar-refractivity contribution in [3.63, 3.8) is 0 Å². The molecule has 0 aliphatic heterocycles. The van der Waals surface area contributed by atoms with Gasteiger partial charge in [0.05, 0.1) is 0 Å². The second kappa shape index (κ2) is 8.68. The molecule has 90 valence electrons. The highest BCUT2D eigenvalue weighted by molar-refractivity contribution is 5.76. The lowest BCUT2D eigenvalue weighted by Crippen LogP contribution is -2.31. The third kappa shape index (κ3) is 7.33. The Bertz CT molecular complexity index is 174. The minimum absolute atomic E-state index is 0.0596. The van der Waals surface area contributed by atoms with Gasteiger partial charge in [0, 0.05) is 19.6 Å². The minimum atomic E-state index is 0.0596. The van der Waals surface area contributed by atoms with Gasteiger partial charge in [-0.15, -0.1) is 0 Å². The maximum Gasteiger partial charge on any atom is 0.220 e.